The smallest absolute Gasteiger partial charge is 0.323 e. The molecule has 1 aromatic rings. The number of nitrogens with zero attached hydrogens (tertiary/aromatic N) is 4. The zero-order valence-corrected chi connectivity index (χ0v) is 11.0. The summed E-state index contributed by atoms with van der Waals surface area (Å²) in [6.45, 7) is 3.75. The van der Waals surface area contributed by atoms with Gasteiger partial charge in [0.1, 0.15) is 6.33 Å². The number of amides is 1. The monoisotopic (exact) mass is 257 g/mol. The maximum Gasteiger partial charge on any atom is 0.433 e. The number of nitrogens with one attached hydrogen (secondary N) is 1. The Labute approximate surface area is 104 Å². The molecule has 0 spiro atoms. The zero-order valence-electron chi connectivity index (χ0n) is 10.2. The van der Waals surface area contributed by atoms with Crippen LogP contribution in [-0.2, 0) is 10.4 Å². The van der Waals surface area contributed by atoms with Gasteiger partial charge in [-0.3, -0.25) is 4.84 Å². The van der Waals surface area contributed by atoms with E-state index in [0.717, 1.165) is 0 Å². The topological polar surface area (TPSA) is 81.4 Å². The Kier molecular flexibility index (Phi) is 4.50. The summed E-state index contributed by atoms with van der Waals surface area (Å²) in [6, 6.07) is 0. The lowest BCUT2D eigenvalue weighted by Gasteiger charge is -2.18. The van der Waals surface area contributed by atoms with E-state index in [0.29, 0.717) is 5.16 Å². The van der Waals surface area contributed by atoms with Crippen molar-refractivity contribution in [1.82, 2.24) is 20.1 Å². The first kappa shape index (κ1) is 13.5. The van der Waals surface area contributed by atoms with Crippen molar-refractivity contribution in [2.24, 2.45) is 5.16 Å². The van der Waals surface area contributed by atoms with E-state index in [1.807, 2.05) is 20.1 Å². The van der Waals surface area contributed by atoms with Crippen molar-refractivity contribution in [2.75, 3.05) is 13.3 Å². The number of aromatic nitrogens is 3. The van der Waals surface area contributed by atoms with Gasteiger partial charge in [0.15, 0.2) is 0 Å². The Hall–Kier alpha value is -1.57. The molecule has 0 aliphatic carbocycles. The van der Waals surface area contributed by atoms with Crippen molar-refractivity contribution < 1.29 is 9.63 Å². The van der Waals surface area contributed by atoms with Gasteiger partial charge in [0.05, 0.1) is 11.8 Å². The molecular weight excluding hydrogens is 242 g/mol. The SMILES string of the molecule is CNC(=O)ON=CC(C)(C)n1cnc(SC)n1. The van der Waals surface area contributed by atoms with E-state index in [-0.39, 0.29) is 0 Å². The minimum absolute atomic E-state index is 0.519. The first-order valence-electron chi connectivity index (χ1n) is 4.89. The van der Waals surface area contributed by atoms with E-state index >= 15 is 0 Å². The number of oxime groups is 1. The Balaban J connectivity index is 2.70. The van der Waals surface area contributed by atoms with E-state index in [1.165, 1.54) is 25.0 Å². The number of carbonyl (C=O) groups excluding carboxylic acids is 1. The maximum absolute atomic E-state index is 10.8. The summed E-state index contributed by atoms with van der Waals surface area (Å²) in [7, 11) is 1.46. The standard InChI is InChI=1S/C9H15N5O2S/c1-9(2,5-12-16-8(15)10-3)14-6-11-7(13-14)17-4/h5-6H,1-4H3,(H,10,15). The second-order valence-electron chi connectivity index (χ2n) is 3.69. The molecule has 1 N–H and O–H groups in total. The highest BCUT2D eigenvalue weighted by Crippen LogP contribution is 2.14. The van der Waals surface area contributed by atoms with E-state index in [2.05, 4.69) is 25.4 Å². The van der Waals surface area contributed by atoms with Crippen molar-refractivity contribution >= 4 is 24.1 Å². The van der Waals surface area contributed by atoms with Gasteiger partial charge in [-0.2, -0.15) is 0 Å². The summed E-state index contributed by atoms with van der Waals surface area (Å²) >= 11 is 1.46. The van der Waals surface area contributed by atoms with Crippen molar-refractivity contribution in [2.45, 2.75) is 24.5 Å². The molecular formula is C9H15N5O2S. The molecule has 0 aliphatic rings. The first-order chi connectivity index (χ1) is 7.99. The van der Waals surface area contributed by atoms with Gasteiger partial charge in [-0.25, -0.2) is 14.5 Å². The third-order valence-corrected chi connectivity index (χ3v) is 2.50. The van der Waals surface area contributed by atoms with Crippen LogP contribution in [0.4, 0.5) is 4.79 Å². The number of rotatable bonds is 4. The Morgan fingerprint density at radius 3 is 2.94 bits per heavy atom. The quantitative estimate of drug-likeness (QED) is 0.378. The normalized spacial score (nSPS) is 11.8. The van der Waals surface area contributed by atoms with Crippen LogP contribution in [0.3, 0.4) is 0 Å². The van der Waals surface area contributed by atoms with Gasteiger partial charge in [-0.1, -0.05) is 16.9 Å². The fraction of sp³-hybridized carbons (Fsp3) is 0.556. The summed E-state index contributed by atoms with van der Waals surface area (Å²) in [4.78, 5) is 19.4. The van der Waals surface area contributed by atoms with Gasteiger partial charge >= 0.3 is 6.09 Å². The summed E-state index contributed by atoms with van der Waals surface area (Å²) in [5, 5.41) is 10.8. The molecule has 0 atom stereocenters. The van der Waals surface area contributed by atoms with Crippen molar-refractivity contribution in [3.8, 4) is 0 Å². The number of carbonyl (C=O) groups is 1. The van der Waals surface area contributed by atoms with Crippen LogP contribution in [0.15, 0.2) is 16.6 Å². The van der Waals surface area contributed by atoms with Crippen LogP contribution in [-0.4, -0.2) is 40.4 Å². The minimum atomic E-state index is -0.611. The van der Waals surface area contributed by atoms with Crippen LogP contribution in [0, 0.1) is 0 Å². The Morgan fingerprint density at radius 2 is 2.41 bits per heavy atom. The van der Waals surface area contributed by atoms with Gasteiger partial charge in [0.2, 0.25) is 5.16 Å². The molecule has 0 aromatic carbocycles. The zero-order chi connectivity index (χ0) is 12.9. The second kappa shape index (κ2) is 5.67. The lowest BCUT2D eigenvalue weighted by atomic mass is 10.1. The van der Waals surface area contributed by atoms with E-state index in [4.69, 9.17) is 0 Å². The van der Waals surface area contributed by atoms with Crippen molar-refractivity contribution in [3.05, 3.63) is 6.33 Å². The third-order valence-electron chi connectivity index (χ3n) is 1.95. The predicted octanol–water partition coefficient (Wildman–Crippen LogP) is 1.08. The summed E-state index contributed by atoms with van der Waals surface area (Å²) < 4.78 is 1.65. The average Bonchev–Trinajstić information content (AvgIpc) is 2.77. The van der Waals surface area contributed by atoms with Crippen LogP contribution < -0.4 is 5.32 Å². The van der Waals surface area contributed by atoms with Gasteiger partial charge < -0.3 is 5.32 Å². The highest BCUT2D eigenvalue weighted by Gasteiger charge is 2.20. The predicted molar refractivity (Wildman–Crippen MR) is 65.2 cm³/mol. The van der Waals surface area contributed by atoms with Gasteiger partial charge in [-0.15, -0.1) is 5.10 Å². The van der Waals surface area contributed by atoms with E-state index in [9.17, 15) is 4.79 Å². The van der Waals surface area contributed by atoms with Crippen molar-refractivity contribution in [3.63, 3.8) is 0 Å². The van der Waals surface area contributed by atoms with Crippen LogP contribution in [0.25, 0.3) is 0 Å². The average molecular weight is 257 g/mol. The summed E-state index contributed by atoms with van der Waals surface area (Å²) in [5.41, 5.74) is -0.519. The lowest BCUT2D eigenvalue weighted by molar-refractivity contribution is 0.152. The fourth-order valence-electron chi connectivity index (χ4n) is 0.927. The van der Waals surface area contributed by atoms with Crippen LogP contribution >= 0.6 is 11.8 Å². The molecule has 17 heavy (non-hydrogen) atoms. The molecule has 1 amide bonds. The van der Waals surface area contributed by atoms with Gasteiger partial charge in [0.25, 0.3) is 0 Å². The molecule has 1 heterocycles. The van der Waals surface area contributed by atoms with E-state index in [1.54, 1.807) is 11.0 Å². The minimum Gasteiger partial charge on any atom is -0.323 e. The molecule has 0 bridgehead atoms. The molecule has 1 rings (SSSR count). The lowest BCUT2D eigenvalue weighted by Crippen LogP contribution is -2.29. The maximum atomic E-state index is 10.8. The molecule has 0 fully saturated rings. The summed E-state index contributed by atoms with van der Waals surface area (Å²) in [5.74, 6) is 0. The largest absolute Gasteiger partial charge is 0.433 e. The Bertz CT molecular complexity index is 415. The highest BCUT2D eigenvalue weighted by atomic mass is 32.2. The number of thioether (sulfide) groups is 1. The fourth-order valence-corrected chi connectivity index (χ4v) is 1.25. The molecule has 0 unspecified atom stereocenters. The van der Waals surface area contributed by atoms with Gasteiger partial charge in [-0.05, 0) is 20.1 Å². The van der Waals surface area contributed by atoms with Crippen molar-refractivity contribution in [1.29, 1.82) is 0 Å². The molecule has 0 aliphatic heterocycles. The number of hydrogen-bond acceptors (Lipinski definition) is 6. The van der Waals surface area contributed by atoms with Crippen LogP contribution in [0.2, 0.25) is 0 Å². The molecule has 0 radical (unpaired) electrons. The van der Waals surface area contributed by atoms with E-state index < -0.39 is 11.6 Å². The second-order valence-corrected chi connectivity index (χ2v) is 4.47. The third kappa shape index (κ3) is 3.74. The van der Waals surface area contributed by atoms with Gasteiger partial charge in [0, 0.05) is 7.05 Å². The van der Waals surface area contributed by atoms with Crippen LogP contribution in [0.1, 0.15) is 13.8 Å². The summed E-state index contributed by atoms with van der Waals surface area (Å²) in [6.07, 6.45) is 4.38. The molecule has 0 saturated heterocycles. The molecule has 0 saturated carbocycles. The highest BCUT2D eigenvalue weighted by molar-refractivity contribution is 7.98. The first-order valence-corrected chi connectivity index (χ1v) is 6.11. The number of hydrogen-bond donors (Lipinski definition) is 1. The molecule has 94 valence electrons. The molecule has 1 aromatic heterocycles. The molecule has 8 heteroatoms. The Morgan fingerprint density at radius 1 is 1.71 bits per heavy atom. The van der Waals surface area contributed by atoms with Crippen LogP contribution in [0.5, 0.6) is 0 Å². The molecule has 7 nitrogen and oxygen atoms in total.